The lowest BCUT2D eigenvalue weighted by Gasteiger charge is -2.28. The van der Waals surface area contributed by atoms with Gasteiger partial charge < -0.3 is 19.8 Å². The number of amides is 1. The standard InChI is InChI=1S/C25H24BN3O3/c30-15-26-29-19-8-5-16(6-9-19)25(31)28-20-10-7-18-13-27-14-22(21(18)12-20)24-11-17-3-1-2-4-23(17)32-24/h1-4,7,10-16,19,26,29H,5-6,8-9H2,(H,28,31)/t16-,19-. The monoisotopic (exact) mass is 425 g/mol. The Kier molecular flexibility index (Phi) is 5.73. The van der Waals surface area contributed by atoms with Crippen molar-refractivity contribution in [2.24, 2.45) is 5.92 Å². The van der Waals surface area contributed by atoms with Crippen molar-refractivity contribution in [3.8, 4) is 11.3 Å². The Bertz CT molecular complexity index is 1240. The maximum atomic E-state index is 12.9. The van der Waals surface area contributed by atoms with Gasteiger partial charge >= 0.3 is 0 Å². The molecule has 5 rings (SSSR count). The number of pyridine rings is 1. The molecule has 0 spiro atoms. The summed E-state index contributed by atoms with van der Waals surface area (Å²) in [6.45, 7) is 0. The third kappa shape index (κ3) is 4.16. The molecule has 4 aromatic rings. The quantitative estimate of drug-likeness (QED) is 0.356. The molecule has 7 heteroatoms. The Morgan fingerprint density at radius 2 is 1.88 bits per heavy atom. The molecule has 0 saturated heterocycles. The van der Waals surface area contributed by atoms with Crippen LogP contribution in [0.5, 0.6) is 0 Å². The topological polar surface area (TPSA) is 84.2 Å². The third-order valence-electron chi connectivity index (χ3n) is 6.31. The highest BCUT2D eigenvalue weighted by Crippen LogP contribution is 2.34. The van der Waals surface area contributed by atoms with Gasteiger partial charge in [0.1, 0.15) is 11.3 Å². The van der Waals surface area contributed by atoms with E-state index in [4.69, 9.17) is 4.42 Å². The molecule has 2 aromatic heterocycles. The molecule has 0 aliphatic heterocycles. The number of furan rings is 1. The van der Waals surface area contributed by atoms with Crippen molar-refractivity contribution in [3.05, 3.63) is 60.9 Å². The van der Waals surface area contributed by atoms with Gasteiger partial charge in [-0.2, -0.15) is 0 Å². The molecule has 1 fully saturated rings. The largest absolute Gasteiger partial charge is 0.456 e. The van der Waals surface area contributed by atoms with E-state index < -0.39 is 0 Å². The second-order valence-corrected chi connectivity index (χ2v) is 8.38. The summed E-state index contributed by atoms with van der Waals surface area (Å²) in [4.78, 5) is 27.8. The minimum Gasteiger partial charge on any atom is -0.456 e. The van der Waals surface area contributed by atoms with Crippen molar-refractivity contribution < 1.29 is 14.0 Å². The van der Waals surface area contributed by atoms with Crippen LogP contribution in [0.25, 0.3) is 33.1 Å². The number of hydrogen-bond acceptors (Lipinski definition) is 5. The highest BCUT2D eigenvalue weighted by atomic mass is 16.3. The second-order valence-electron chi connectivity index (χ2n) is 8.38. The minimum atomic E-state index is -0.00717. The number of carbonyl (C=O) groups is 2. The first-order chi connectivity index (χ1) is 15.7. The number of nitrogens with one attached hydrogen (secondary N) is 2. The van der Waals surface area contributed by atoms with Crippen LogP contribution in [-0.2, 0) is 9.59 Å². The van der Waals surface area contributed by atoms with E-state index >= 15 is 0 Å². The van der Waals surface area contributed by atoms with Gasteiger partial charge in [-0.15, -0.1) is 0 Å². The number of hydrogen-bond donors (Lipinski definition) is 2. The highest BCUT2D eigenvalue weighted by Gasteiger charge is 2.26. The predicted molar refractivity (Wildman–Crippen MR) is 128 cm³/mol. The predicted octanol–water partition coefficient (Wildman–Crippen LogP) is 4.28. The normalized spacial score (nSPS) is 18.5. The SMILES string of the molecule is O=CBN[C@H]1CC[C@H](C(=O)Nc2ccc3cncc(-c4cc5ccccc5o4)c3c2)CC1. The molecule has 32 heavy (non-hydrogen) atoms. The van der Waals surface area contributed by atoms with Crippen molar-refractivity contribution in [1.29, 1.82) is 0 Å². The second kappa shape index (κ2) is 8.97. The number of fused-ring (bicyclic) bond motifs is 2. The fourth-order valence-electron chi connectivity index (χ4n) is 4.57. The third-order valence-corrected chi connectivity index (χ3v) is 6.31. The van der Waals surface area contributed by atoms with Crippen LogP contribution in [-0.4, -0.2) is 30.5 Å². The summed E-state index contributed by atoms with van der Waals surface area (Å²) >= 11 is 0. The van der Waals surface area contributed by atoms with E-state index in [2.05, 4.69) is 15.5 Å². The summed E-state index contributed by atoms with van der Waals surface area (Å²) in [5.41, 5.74) is 2.51. The van der Waals surface area contributed by atoms with Gasteiger partial charge in [-0.1, -0.05) is 24.3 Å². The average molecular weight is 425 g/mol. The van der Waals surface area contributed by atoms with E-state index in [0.717, 1.165) is 70.6 Å². The number of rotatable bonds is 6. The molecular weight excluding hydrogens is 401 g/mol. The molecule has 1 amide bonds. The first-order valence-electron chi connectivity index (χ1n) is 11.1. The Morgan fingerprint density at radius 1 is 1.03 bits per heavy atom. The lowest BCUT2D eigenvalue weighted by molar-refractivity contribution is -0.120. The zero-order valence-corrected chi connectivity index (χ0v) is 17.7. The van der Waals surface area contributed by atoms with E-state index in [1.54, 1.807) is 6.20 Å². The molecule has 6 nitrogen and oxygen atoms in total. The zero-order valence-electron chi connectivity index (χ0n) is 17.7. The molecule has 1 saturated carbocycles. The molecule has 2 N–H and O–H groups in total. The Balaban J connectivity index is 1.36. The van der Waals surface area contributed by atoms with E-state index in [1.807, 2.05) is 54.7 Å². The zero-order chi connectivity index (χ0) is 21.9. The Labute approximate surface area is 186 Å². The minimum absolute atomic E-state index is 0.00717. The smallest absolute Gasteiger partial charge is 0.278 e. The molecule has 0 bridgehead atoms. The number of anilines is 1. The Hall–Kier alpha value is -3.45. The first kappa shape index (κ1) is 20.5. The number of para-hydroxylation sites is 1. The average Bonchev–Trinajstić information content (AvgIpc) is 3.27. The maximum Gasteiger partial charge on any atom is 0.278 e. The van der Waals surface area contributed by atoms with Crippen molar-refractivity contribution in [1.82, 2.24) is 10.2 Å². The number of carbonyl (C=O) groups excluding carboxylic acids is 2. The molecule has 0 unspecified atom stereocenters. The van der Waals surface area contributed by atoms with Gasteiger partial charge in [0.05, 0.1) is 6.19 Å². The van der Waals surface area contributed by atoms with Gasteiger partial charge in [0.25, 0.3) is 7.41 Å². The van der Waals surface area contributed by atoms with Crippen LogP contribution in [0.2, 0.25) is 0 Å². The fraction of sp³-hybridized carbons (Fsp3) is 0.240. The maximum absolute atomic E-state index is 12.9. The van der Waals surface area contributed by atoms with Crippen LogP contribution in [0.1, 0.15) is 25.7 Å². The van der Waals surface area contributed by atoms with Crippen LogP contribution >= 0.6 is 0 Å². The van der Waals surface area contributed by atoms with Gasteiger partial charge in [0.2, 0.25) is 5.91 Å². The van der Waals surface area contributed by atoms with Gasteiger partial charge in [0.15, 0.2) is 0 Å². The van der Waals surface area contributed by atoms with E-state index in [1.165, 1.54) is 0 Å². The van der Waals surface area contributed by atoms with Gasteiger partial charge in [-0.25, -0.2) is 0 Å². The van der Waals surface area contributed by atoms with Crippen molar-refractivity contribution in [2.45, 2.75) is 31.7 Å². The molecule has 160 valence electrons. The summed E-state index contributed by atoms with van der Waals surface area (Å²) < 4.78 is 6.06. The van der Waals surface area contributed by atoms with Crippen LogP contribution in [0.4, 0.5) is 5.69 Å². The molecular formula is C25H24BN3O3. The lowest BCUT2D eigenvalue weighted by Crippen LogP contribution is -2.38. The van der Waals surface area contributed by atoms with E-state index in [0.29, 0.717) is 13.5 Å². The van der Waals surface area contributed by atoms with Gasteiger partial charge in [-0.3, -0.25) is 9.78 Å². The van der Waals surface area contributed by atoms with Gasteiger partial charge in [0, 0.05) is 40.3 Å². The number of aromatic nitrogens is 1. The van der Waals surface area contributed by atoms with Crippen molar-refractivity contribution >= 4 is 46.9 Å². The molecule has 2 aromatic carbocycles. The molecule has 0 radical (unpaired) electrons. The van der Waals surface area contributed by atoms with Crippen LogP contribution in [0.15, 0.2) is 65.3 Å². The first-order valence-corrected chi connectivity index (χ1v) is 11.1. The fourth-order valence-corrected chi connectivity index (χ4v) is 4.57. The summed E-state index contributed by atoms with van der Waals surface area (Å²) in [6, 6.07) is 16.2. The molecule has 0 atom stereocenters. The number of benzene rings is 2. The summed E-state index contributed by atoms with van der Waals surface area (Å²) in [7, 11) is 0.376. The highest BCUT2D eigenvalue weighted by molar-refractivity contribution is 6.64. The van der Waals surface area contributed by atoms with E-state index in [-0.39, 0.29) is 11.8 Å². The van der Waals surface area contributed by atoms with Crippen LogP contribution in [0, 0.1) is 5.92 Å². The molecule has 1 aliphatic carbocycles. The lowest BCUT2D eigenvalue weighted by atomic mass is 9.83. The molecule has 1 aliphatic rings. The van der Waals surface area contributed by atoms with E-state index in [9.17, 15) is 9.59 Å². The van der Waals surface area contributed by atoms with Gasteiger partial charge in [-0.05, 0) is 61.4 Å². The molecule has 2 heterocycles. The Morgan fingerprint density at radius 3 is 2.69 bits per heavy atom. The van der Waals surface area contributed by atoms with Crippen LogP contribution < -0.4 is 10.5 Å². The van der Waals surface area contributed by atoms with Crippen LogP contribution in [0.3, 0.4) is 0 Å². The van der Waals surface area contributed by atoms with Crippen molar-refractivity contribution in [3.63, 3.8) is 0 Å². The summed E-state index contributed by atoms with van der Waals surface area (Å²) in [5.74, 6) is 0.804. The summed E-state index contributed by atoms with van der Waals surface area (Å²) in [6.07, 6.45) is 7.97. The van der Waals surface area contributed by atoms with Crippen molar-refractivity contribution in [2.75, 3.05) is 5.32 Å². The summed E-state index contributed by atoms with van der Waals surface area (Å²) in [5, 5.41) is 9.33. The number of nitrogens with zero attached hydrogens (tertiary/aromatic N) is 1.